The summed E-state index contributed by atoms with van der Waals surface area (Å²) < 4.78 is 0. The monoisotopic (exact) mass is 202 g/mol. The number of hydrogen-bond donors (Lipinski definition) is 0. The lowest BCUT2D eigenvalue weighted by molar-refractivity contribution is 0.102. The molecule has 2 rings (SSSR count). The molecule has 0 bridgehead atoms. The van der Waals surface area contributed by atoms with E-state index in [9.17, 15) is 4.79 Å². The maximum absolute atomic E-state index is 12.0. The van der Waals surface area contributed by atoms with Crippen molar-refractivity contribution < 1.29 is 4.79 Å². The van der Waals surface area contributed by atoms with Crippen molar-refractivity contribution in [1.29, 1.82) is 0 Å². The Labute approximate surface area is 89.4 Å². The lowest BCUT2D eigenvalue weighted by atomic mass is 9.99. The van der Waals surface area contributed by atoms with Gasteiger partial charge in [-0.1, -0.05) is 0 Å². The molecule has 0 fully saturated rings. The highest BCUT2D eigenvalue weighted by molar-refractivity contribution is 6.08. The third-order valence-electron chi connectivity index (χ3n) is 2.55. The van der Waals surface area contributed by atoms with E-state index >= 15 is 0 Å². The van der Waals surface area contributed by atoms with Gasteiger partial charge in [-0.2, -0.15) is 0 Å². The van der Waals surface area contributed by atoms with E-state index in [2.05, 4.69) is 9.88 Å². The lowest BCUT2D eigenvalue weighted by Gasteiger charge is -2.21. The molecule has 1 aromatic heterocycles. The molecule has 0 saturated heterocycles. The molecular weight excluding hydrogens is 188 g/mol. The van der Waals surface area contributed by atoms with E-state index in [1.54, 1.807) is 18.5 Å². The molecule has 0 N–H and O–H groups in total. The van der Waals surface area contributed by atoms with Crippen molar-refractivity contribution in [1.82, 2.24) is 9.88 Å². The van der Waals surface area contributed by atoms with Gasteiger partial charge in [-0.05, 0) is 25.0 Å². The minimum absolute atomic E-state index is 0.106. The molecule has 0 aliphatic carbocycles. The van der Waals surface area contributed by atoms with Gasteiger partial charge in [0.1, 0.15) is 0 Å². The van der Waals surface area contributed by atoms with Crippen LogP contribution in [0.5, 0.6) is 0 Å². The molecule has 3 heteroatoms. The van der Waals surface area contributed by atoms with Crippen LogP contribution in [0.2, 0.25) is 0 Å². The van der Waals surface area contributed by atoms with Crippen LogP contribution in [0, 0.1) is 0 Å². The summed E-state index contributed by atoms with van der Waals surface area (Å²) in [4.78, 5) is 18.0. The van der Waals surface area contributed by atoms with Gasteiger partial charge in [-0.25, -0.2) is 0 Å². The van der Waals surface area contributed by atoms with Gasteiger partial charge in [-0.15, -0.1) is 0 Å². The van der Waals surface area contributed by atoms with Crippen LogP contribution in [0.4, 0.5) is 0 Å². The Hall–Kier alpha value is -1.64. The number of pyridine rings is 1. The Morgan fingerprint density at radius 1 is 1.53 bits per heavy atom. The van der Waals surface area contributed by atoms with Crippen LogP contribution in [0.25, 0.3) is 0 Å². The zero-order valence-corrected chi connectivity index (χ0v) is 8.81. The van der Waals surface area contributed by atoms with E-state index in [0.717, 1.165) is 25.0 Å². The summed E-state index contributed by atoms with van der Waals surface area (Å²) in [5, 5.41) is 0. The molecule has 0 amide bonds. The lowest BCUT2D eigenvalue weighted by Crippen LogP contribution is -2.20. The first kappa shape index (κ1) is 9.90. The van der Waals surface area contributed by atoms with Crippen molar-refractivity contribution in [3.63, 3.8) is 0 Å². The summed E-state index contributed by atoms with van der Waals surface area (Å²) in [6.07, 6.45) is 7.17. The van der Waals surface area contributed by atoms with Crippen molar-refractivity contribution in [3.8, 4) is 0 Å². The summed E-state index contributed by atoms with van der Waals surface area (Å²) in [6.45, 7) is 1.03. The quantitative estimate of drug-likeness (QED) is 0.686. The van der Waals surface area contributed by atoms with Gasteiger partial charge >= 0.3 is 0 Å². The van der Waals surface area contributed by atoms with Crippen molar-refractivity contribution in [2.45, 2.75) is 12.8 Å². The molecule has 15 heavy (non-hydrogen) atoms. The van der Waals surface area contributed by atoms with Crippen LogP contribution in [0.15, 0.2) is 36.3 Å². The Bertz CT molecular complexity index is 384. The van der Waals surface area contributed by atoms with Crippen molar-refractivity contribution in [2.24, 2.45) is 0 Å². The van der Waals surface area contributed by atoms with Gasteiger partial charge in [0.2, 0.25) is 0 Å². The highest BCUT2D eigenvalue weighted by Crippen LogP contribution is 2.17. The molecule has 0 atom stereocenters. The predicted molar refractivity (Wildman–Crippen MR) is 58.5 cm³/mol. The second-order valence-electron chi connectivity index (χ2n) is 3.81. The van der Waals surface area contributed by atoms with Crippen molar-refractivity contribution in [2.75, 3.05) is 13.6 Å². The maximum Gasteiger partial charge on any atom is 0.192 e. The molecule has 1 aromatic rings. The van der Waals surface area contributed by atoms with E-state index in [1.807, 2.05) is 19.3 Å². The van der Waals surface area contributed by atoms with Crippen molar-refractivity contribution >= 4 is 5.78 Å². The highest BCUT2D eigenvalue weighted by Gasteiger charge is 2.15. The smallest absolute Gasteiger partial charge is 0.192 e. The number of hydrogen-bond acceptors (Lipinski definition) is 3. The Morgan fingerprint density at radius 2 is 2.40 bits per heavy atom. The SMILES string of the molecule is CN1C=C(C(=O)c2cccnc2)CCC1. The number of aromatic nitrogens is 1. The number of carbonyl (C=O) groups is 1. The van der Waals surface area contributed by atoms with Crippen LogP contribution in [-0.2, 0) is 0 Å². The number of ketones is 1. The van der Waals surface area contributed by atoms with Gasteiger partial charge < -0.3 is 4.90 Å². The molecule has 0 saturated carbocycles. The molecule has 0 aromatic carbocycles. The summed E-state index contributed by atoms with van der Waals surface area (Å²) in [5.41, 5.74) is 1.57. The highest BCUT2D eigenvalue weighted by atomic mass is 16.1. The molecular formula is C12H14N2O. The zero-order chi connectivity index (χ0) is 10.7. The normalized spacial score (nSPS) is 16.1. The molecule has 2 heterocycles. The number of Topliss-reactive ketones (excluding diaryl/α,β-unsaturated/α-hetero) is 1. The standard InChI is InChI=1S/C12H14N2O/c1-14-7-3-5-11(9-14)12(15)10-4-2-6-13-8-10/h2,4,6,8-9H,3,5,7H2,1H3. The first-order valence-corrected chi connectivity index (χ1v) is 5.13. The first-order valence-electron chi connectivity index (χ1n) is 5.13. The van der Waals surface area contributed by atoms with E-state index in [4.69, 9.17) is 0 Å². The third-order valence-corrected chi connectivity index (χ3v) is 2.55. The summed E-state index contributed by atoms with van der Waals surface area (Å²) in [5.74, 6) is 0.106. The molecule has 0 unspecified atom stereocenters. The number of allylic oxidation sites excluding steroid dienone is 1. The first-order chi connectivity index (χ1) is 7.27. The second-order valence-corrected chi connectivity index (χ2v) is 3.81. The minimum Gasteiger partial charge on any atom is -0.380 e. The van der Waals surface area contributed by atoms with Gasteiger partial charge in [0, 0.05) is 43.3 Å². The van der Waals surface area contributed by atoms with Crippen LogP contribution < -0.4 is 0 Å². The molecule has 0 spiro atoms. The number of carbonyl (C=O) groups excluding carboxylic acids is 1. The largest absolute Gasteiger partial charge is 0.380 e. The van der Waals surface area contributed by atoms with Gasteiger partial charge in [-0.3, -0.25) is 9.78 Å². The summed E-state index contributed by atoms with van der Waals surface area (Å²) >= 11 is 0. The van der Waals surface area contributed by atoms with E-state index in [-0.39, 0.29) is 5.78 Å². The predicted octanol–water partition coefficient (Wildman–Crippen LogP) is 1.87. The summed E-state index contributed by atoms with van der Waals surface area (Å²) in [7, 11) is 2.00. The minimum atomic E-state index is 0.106. The average molecular weight is 202 g/mol. The Kier molecular flexibility index (Phi) is 2.81. The fourth-order valence-electron chi connectivity index (χ4n) is 1.77. The number of nitrogens with zero attached hydrogens (tertiary/aromatic N) is 2. The maximum atomic E-state index is 12.0. The van der Waals surface area contributed by atoms with E-state index in [1.165, 1.54) is 0 Å². The molecule has 78 valence electrons. The fourth-order valence-corrected chi connectivity index (χ4v) is 1.77. The van der Waals surface area contributed by atoms with Crippen LogP contribution in [0.3, 0.4) is 0 Å². The molecule has 1 aliphatic rings. The van der Waals surface area contributed by atoms with E-state index < -0.39 is 0 Å². The van der Waals surface area contributed by atoms with E-state index in [0.29, 0.717) is 5.56 Å². The number of rotatable bonds is 2. The topological polar surface area (TPSA) is 33.2 Å². The van der Waals surface area contributed by atoms with Gasteiger partial charge in [0.25, 0.3) is 0 Å². The van der Waals surface area contributed by atoms with Crippen LogP contribution >= 0.6 is 0 Å². The van der Waals surface area contributed by atoms with Crippen molar-refractivity contribution in [3.05, 3.63) is 41.9 Å². The molecule has 1 aliphatic heterocycles. The molecule has 0 radical (unpaired) electrons. The average Bonchev–Trinajstić information content (AvgIpc) is 2.29. The third kappa shape index (κ3) is 2.24. The summed E-state index contributed by atoms with van der Waals surface area (Å²) in [6, 6.07) is 3.60. The Balaban J connectivity index is 2.22. The zero-order valence-electron chi connectivity index (χ0n) is 8.81. The fraction of sp³-hybridized carbons (Fsp3) is 0.333. The van der Waals surface area contributed by atoms with Gasteiger partial charge in [0.05, 0.1) is 0 Å². The Morgan fingerprint density at radius 3 is 3.07 bits per heavy atom. The van der Waals surface area contributed by atoms with Crippen LogP contribution in [-0.4, -0.2) is 29.3 Å². The van der Waals surface area contributed by atoms with Gasteiger partial charge in [0.15, 0.2) is 5.78 Å². The van der Waals surface area contributed by atoms with Crippen LogP contribution in [0.1, 0.15) is 23.2 Å². The molecule has 3 nitrogen and oxygen atoms in total. The second kappa shape index (κ2) is 4.26.